The Morgan fingerprint density at radius 3 is 2.36 bits per heavy atom. The third kappa shape index (κ3) is 6.61. The van der Waals surface area contributed by atoms with E-state index in [4.69, 9.17) is 4.74 Å². The summed E-state index contributed by atoms with van der Waals surface area (Å²) in [5.41, 5.74) is 2.93. The lowest BCUT2D eigenvalue weighted by Crippen LogP contribution is -1.87. The summed E-state index contributed by atoms with van der Waals surface area (Å²) in [6, 6.07) is 13.5. The first kappa shape index (κ1) is 19.0. The summed E-state index contributed by atoms with van der Waals surface area (Å²) in [5.74, 6) is 0.802. The van der Waals surface area contributed by atoms with Gasteiger partial charge in [0.05, 0.1) is 12.8 Å². The van der Waals surface area contributed by atoms with Crippen LogP contribution in [0.5, 0.6) is 11.5 Å². The van der Waals surface area contributed by atoms with E-state index < -0.39 is 0 Å². The summed E-state index contributed by atoms with van der Waals surface area (Å²) in [6.45, 7) is 2.25. The van der Waals surface area contributed by atoms with Crippen LogP contribution in [0.25, 0.3) is 0 Å². The number of hydrogen-bond acceptors (Lipinski definition) is 3. The minimum absolute atomic E-state index is 0.169. The van der Waals surface area contributed by atoms with E-state index in [2.05, 4.69) is 24.0 Å². The number of rotatable bonds is 10. The summed E-state index contributed by atoms with van der Waals surface area (Å²) in [4.78, 5) is 4.44. The number of benzene rings is 2. The molecule has 0 radical (unpaired) electrons. The van der Waals surface area contributed by atoms with E-state index in [0.29, 0.717) is 11.3 Å². The van der Waals surface area contributed by atoms with Crippen molar-refractivity contribution in [2.45, 2.75) is 51.9 Å². The molecule has 0 aliphatic carbocycles. The molecular weight excluding hydrogens is 310 g/mol. The molecule has 0 fully saturated rings. The third-order valence-electron chi connectivity index (χ3n) is 4.35. The molecule has 0 aliphatic heterocycles. The van der Waals surface area contributed by atoms with Gasteiger partial charge in [0.15, 0.2) is 0 Å². The molecule has 2 aromatic rings. The van der Waals surface area contributed by atoms with Crippen LogP contribution in [0.4, 0.5) is 5.69 Å². The predicted octanol–water partition coefficient (Wildman–Crippen LogP) is 6.05. The number of unbranched alkanes of at least 4 members (excludes halogenated alkanes) is 5. The fourth-order valence-electron chi connectivity index (χ4n) is 2.76. The van der Waals surface area contributed by atoms with E-state index in [9.17, 15) is 5.11 Å². The number of phenols is 1. The Hall–Kier alpha value is -2.29. The van der Waals surface area contributed by atoms with Gasteiger partial charge in [-0.15, -0.1) is 0 Å². The minimum Gasteiger partial charge on any atom is -0.507 e. The smallest absolute Gasteiger partial charge is 0.128 e. The minimum atomic E-state index is 0.169. The Bertz CT molecular complexity index is 662. The highest BCUT2D eigenvalue weighted by atomic mass is 16.5. The van der Waals surface area contributed by atoms with Gasteiger partial charge in [-0.2, -0.15) is 0 Å². The summed E-state index contributed by atoms with van der Waals surface area (Å²) in [6.07, 6.45) is 10.8. The van der Waals surface area contributed by atoms with Gasteiger partial charge < -0.3 is 9.84 Å². The van der Waals surface area contributed by atoms with Crippen molar-refractivity contribution < 1.29 is 9.84 Å². The van der Waals surface area contributed by atoms with Gasteiger partial charge in [-0.3, -0.25) is 4.99 Å². The fraction of sp³-hybridized carbons (Fsp3) is 0.409. The van der Waals surface area contributed by atoms with Gasteiger partial charge in [0.25, 0.3) is 0 Å². The van der Waals surface area contributed by atoms with Gasteiger partial charge in [-0.05, 0) is 42.7 Å². The van der Waals surface area contributed by atoms with Crippen molar-refractivity contribution in [3.63, 3.8) is 0 Å². The largest absolute Gasteiger partial charge is 0.507 e. The van der Waals surface area contributed by atoms with E-state index in [0.717, 1.165) is 12.1 Å². The zero-order chi connectivity index (χ0) is 17.9. The topological polar surface area (TPSA) is 41.8 Å². The molecule has 0 unspecified atom stereocenters. The molecule has 0 aliphatic rings. The van der Waals surface area contributed by atoms with E-state index in [1.165, 1.54) is 44.1 Å². The molecule has 1 N–H and O–H groups in total. The van der Waals surface area contributed by atoms with Gasteiger partial charge in [0, 0.05) is 17.8 Å². The zero-order valence-corrected chi connectivity index (χ0v) is 15.4. The van der Waals surface area contributed by atoms with Crippen molar-refractivity contribution in [2.24, 2.45) is 4.99 Å². The summed E-state index contributed by atoms with van der Waals surface area (Å²) in [7, 11) is 1.58. The van der Waals surface area contributed by atoms with Gasteiger partial charge in [-0.25, -0.2) is 0 Å². The molecule has 134 valence electrons. The number of aryl methyl sites for hydroxylation is 1. The van der Waals surface area contributed by atoms with E-state index in [-0.39, 0.29) is 5.75 Å². The lowest BCUT2D eigenvalue weighted by atomic mass is 10.0. The van der Waals surface area contributed by atoms with Crippen LogP contribution in [0.2, 0.25) is 0 Å². The van der Waals surface area contributed by atoms with Crippen LogP contribution in [0.3, 0.4) is 0 Å². The highest BCUT2D eigenvalue weighted by molar-refractivity contribution is 5.85. The van der Waals surface area contributed by atoms with Gasteiger partial charge >= 0.3 is 0 Å². The van der Waals surface area contributed by atoms with Crippen LogP contribution >= 0.6 is 0 Å². The van der Waals surface area contributed by atoms with E-state index >= 15 is 0 Å². The molecule has 25 heavy (non-hydrogen) atoms. The first-order valence-corrected chi connectivity index (χ1v) is 9.23. The number of aromatic hydroxyl groups is 1. The number of hydrogen-bond donors (Lipinski definition) is 1. The number of aliphatic imine (C=N–C) groups is 1. The molecule has 0 spiro atoms. The fourth-order valence-corrected chi connectivity index (χ4v) is 2.76. The molecule has 2 aromatic carbocycles. The molecule has 0 saturated carbocycles. The second kappa shape index (κ2) is 10.5. The first-order valence-electron chi connectivity index (χ1n) is 9.23. The van der Waals surface area contributed by atoms with Gasteiger partial charge in [0.1, 0.15) is 11.5 Å². The lowest BCUT2D eigenvalue weighted by Gasteiger charge is -2.04. The van der Waals surface area contributed by atoms with Crippen LogP contribution in [-0.4, -0.2) is 18.4 Å². The van der Waals surface area contributed by atoms with E-state index in [1.54, 1.807) is 25.5 Å². The average Bonchev–Trinajstić information content (AvgIpc) is 2.64. The molecule has 3 heteroatoms. The number of phenolic OH excluding ortho intramolecular Hbond substituents is 1. The number of methoxy groups -OCH3 is 1. The lowest BCUT2D eigenvalue weighted by molar-refractivity contribution is 0.407. The van der Waals surface area contributed by atoms with Crippen molar-refractivity contribution in [3.05, 3.63) is 53.6 Å². The quantitative estimate of drug-likeness (QED) is 0.422. The first-order chi connectivity index (χ1) is 12.2. The van der Waals surface area contributed by atoms with Crippen LogP contribution in [-0.2, 0) is 6.42 Å². The maximum absolute atomic E-state index is 9.95. The number of ether oxygens (including phenoxy) is 1. The molecule has 0 saturated heterocycles. The Labute approximate surface area is 151 Å². The second-order valence-corrected chi connectivity index (χ2v) is 6.37. The summed E-state index contributed by atoms with van der Waals surface area (Å²) >= 11 is 0. The molecule has 0 heterocycles. The van der Waals surface area contributed by atoms with Crippen LogP contribution in [0, 0.1) is 0 Å². The Morgan fingerprint density at radius 1 is 0.960 bits per heavy atom. The standard InChI is InChI=1S/C22H29NO2/c1-3-4-5-6-7-8-9-18-10-13-20(14-11-18)23-17-19-12-15-21(25-2)16-22(19)24/h10-17,24H,3-9H2,1-2H3. The van der Waals surface area contributed by atoms with Gasteiger partial charge in [0.2, 0.25) is 0 Å². The molecule has 0 amide bonds. The van der Waals surface area contributed by atoms with Crippen molar-refractivity contribution in [1.82, 2.24) is 0 Å². The molecule has 0 bridgehead atoms. The van der Waals surface area contributed by atoms with E-state index in [1.807, 2.05) is 18.2 Å². The highest BCUT2D eigenvalue weighted by Crippen LogP contribution is 2.23. The van der Waals surface area contributed by atoms with Crippen LogP contribution in [0.1, 0.15) is 56.6 Å². The zero-order valence-electron chi connectivity index (χ0n) is 15.4. The summed E-state index contributed by atoms with van der Waals surface area (Å²) < 4.78 is 5.08. The Morgan fingerprint density at radius 2 is 1.68 bits per heavy atom. The van der Waals surface area contributed by atoms with Crippen molar-refractivity contribution in [2.75, 3.05) is 7.11 Å². The normalized spacial score (nSPS) is 11.1. The molecule has 2 rings (SSSR count). The Balaban J connectivity index is 1.83. The van der Waals surface area contributed by atoms with Crippen molar-refractivity contribution >= 4 is 11.9 Å². The SMILES string of the molecule is CCCCCCCCc1ccc(N=Cc2ccc(OC)cc2O)cc1. The van der Waals surface area contributed by atoms with Crippen molar-refractivity contribution in [1.29, 1.82) is 0 Å². The third-order valence-corrected chi connectivity index (χ3v) is 4.35. The average molecular weight is 339 g/mol. The maximum atomic E-state index is 9.95. The molecule has 0 aromatic heterocycles. The second-order valence-electron chi connectivity index (χ2n) is 6.37. The Kier molecular flexibility index (Phi) is 8.03. The molecular formula is C22H29NO2. The van der Waals surface area contributed by atoms with Crippen molar-refractivity contribution in [3.8, 4) is 11.5 Å². The van der Waals surface area contributed by atoms with Gasteiger partial charge in [-0.1, -0.05) is 51.2 Å². The summed E-state index contributed by atoms with van der Waals surface area (Å²) in [5, 5.41) is 9.95. The van der Waals surface area contributed by atoms with Crippen LogP contribution in [0.15, 0.2) is 47.5 Å². The monoisotopic (exact) mass is 339 g/mol. The highest BCUT2D eigenvalue weighted by Gasteiger charge is 2.00. The van der Waals surface area contributed by atoms with Crippen LogP contribution < -0.4 is 4.74 Å². The molecule has 0 atom stereocenters. The maximum Gasteiger partial charge on any atom is 0.128 e. The predicted molar refractivity (Wildman–Crippen MR) is 105 cm³/mol. The number of nitrogens with zero attached hydrogens (tertiary/aromatic N) is 1. The molecule has 3 nitrogen and oxygen atoms in total.